The molecule has 2 saturated heterocycles. The third kappa shape index (κ3) is 11.2. The van der Waals surface area contributed by atoms with Gasteiger partial charge in [-0.3, -0.25) is 9.59 Å². The number of benzene rings is 2. The highest BCUT2D eigenvalue weighted by Crippen LogP contribution is 2.47. The van der Waals surface area contributed by atoms with Crippen LogP contribution >= 0.6 is 0 Å². The van der Waals surface area contributed by atoms with Gasteiger partial charge in [0.2, 0.25) is 11.2 Å². The van der Waals surface area contributed by atoms with E-state index in [1.54, 1.807) is 0 Å². The van der Waals surface area contributed by atoms with Crippen LogP contribution in [0.15, 0.2) is 96.1 Å². The number of likely N-dealkylation sites (tertiary alicyclic amines) is 2. The summed E-state index contributed by atoms with van der Waals surface area (Å²) in [5, 5.41) is 6.58. The first-order chi connectivity index (χ1) is 29.0. The van der Waals surface area contributed by atoms with Crippen LogP contribution in [0.25, 0.3) is 0 Å². The Morgan fingerprint density at radius 1 is 0.567 bits per heavy atom. The standard InChI is InChI=1S/C50H68N4O6/c1-37(2)15-13-31-53-33-27-43(28-34-53)51-47(57)49(41-21-11-22-41,39-17-7-5-8-18-39)59-45(55)25-26-46(56)60-50(42-23-12-24-42,40-19-9-6-10-20-40)48(58)52-44-29-35-54(36-30-44)32-14-16-38(3)4/h5-10,15-20,25-26,41-44H,11-14,21-24,27-36H2,1-4H3,(H,51,57)(H,52,58)/b26-25+/t49-,50-/m0/s1. The van der Waals surface area contributed by atoms with E-state index in [1.807, 2.05) is 60.7 Å². The van der Waals surface area contributed by atoms with Crippen molar-refractivity contribution in [1.29, 1.82) is 0 Å². The molecule has 2 atom stereocenters. The van der Waals surface area contributed by atoms with E-state index in [4.69, 9.17) is 9.47 Å². The Kier molecular flexibility index (Phi) is 16.0. The summed E-state index contributed by atoms with van der Waals surface area (Å²) in [6.45, 7) is 14.0. The summed E-state index contributed by atoms with van der Waals surface area (Å²) in [5.74, 6) is -2.72. The van der Waals surface area contributed by atoms with Crippen molar-refractivity contribution in [3.05, 3.63) is 107 Å². The highest BCUT2D eigenvalue weighted by Gasteiger charge is 2.54. The summed E-state index contributed by atoms with van der Waals surface area (Å²) in [4.78, 5) is 61.9. The minimum absolute atomic E-state index is 0.0477. The number of amides is 2. The average molecular weight is 821 g/mol. The van der Waals surface area contributed by atoms with E-state index < -0.39 is 23.1 Å². The van der Waals surface area contributed by atoms with Crippen LogP contribution < -0.4 is 10.6 Å². The predicted molar refractivity (Wildman–Crippen MR) is 236 cm³/mol. The SMILES string of the molecule is CC(C)=CCCN1CCC(NC(=O)[C@](OC(=O)/C=C/C(=O)O[C@@](C(=O)NC2CCN(CCC=C(C)C)CC2)(c2ccccc2)C2CCC2)(c2ccccc2)C2CCC2)CC1. The summed E-state index contributed by atoms with van der Waals surface area (Å²) in [7, 11) is 0. The average Bonchev–Trinajstić information content (AvgIpc) is 3.19. The van der Waals surface area contributed by atoms with Crippen LogP contribution in [0.1, 0.15) is 116 Å². The molecular weight excluding hydrogens is 753 g/mol. The molecule has 0 radical (unpaired) electrons. The number of carbonyl (C=O) groups is 4. The van der Waals surface area contributed by atoms with E-state index in [0.717, 1.165) is 128 Å². The first kappa shape index (κ1) is 45.0. The van der Waals surface area contributed by atoms with Crippen molar-refractivity contribution in [3.8, 4) is 0 Å². The molecule has 0 bridgehead atoms. The van der Waals surface area contributed by atoms with Gasteiger partial charge in [0.05, 0.1) is 0 Å². The molecule has 0 aromatic heterocycles. The van der Waals surface area contributed by atoms with Crippen LogP contribution in [0.3, 0.4) is 0 Å². The maximum absolute atomic E-state index is 14.6. The molecule has 2 aliphatic carbocycles. The molecule has 2 aromatic rings. The van der Waals surface area contributed by atoms with Crippen LogP contribution in [0.2, 0.25) is 0 Å². The molecule has 2 aromatic carbocycles. The van der Waals surface area contributed by atoms with Crippen LogP contribution in [-0.2, 0) is 39.9 Å². The number of esters is 2. The summed E-state index contributed by atoms with van der Waals surface area (Å²) < 4.78 is 12.6. The van der Waals surface area contributed by atoms with Gasteiger partial charge >= 0.3 is 11.9 Å². The Bertz CT molecular complexity index is 1700. The molecule has 60 heavy (non-hydrogen) atoms. The summed E-state index contributed by atoms with van der Waals surface area (Å²) in [5.41, 5.74) is 0.726. The van der Waals surface area contributed by atoms with Gasteiger partial charge in [0.1, 0.15) is 0 Å². The lowest BCUT2D eigenvalue weighted by molar-refractivity contribution is -0.180. The molecule has 324 valence electrons. The molecule has 2 N–H and O–H groups in total. The number of piperidine rings is 2. The van der Waals surface area contributed by atoms with E-state index in [2.05, 4.69) is 60.3 Å². The molecule has 2 amide bonds. The number of nitrogens with zero attached hydrogens (tertiary/aromatic N) is 2. The zero-order valence-corrected chi connectivity index (χ0v) is 36.5. The van der Waals surface area contributed by atoms with E-state index in [1.165, 1.54) is 11.1 Å². The lowest BCUT2D eigenvalue weighted by Crippen LogP contribution is -2.57. The lowest BCUT2D eigenvalue weighted by Gasteiger charge is -2.44. The number of hydrogen-bond acceptors (Lipinski definition) is 8. The highest BCUT2D eigenvalue weighted by molar-refractivity contribution is 5.97. The Balaban J connectivity index is 1.17. The van der Waals surface area contributed by atoms with Gasteiger partial charge in [-0.05, 0) is 91.9 Å². The normalized spacial score (nSPS) is 20.4. The van der Waals surface area contributed by atoms with Crippen molar-refractivity contribution in [2.45, 2.75) is 128 Å². The Morgan fingerprint density at radius 3 is 1.22 bits per heavy atom. The Morgan fingerprint density at radius 2 is 0.917 bits per heavy atom. The zero-order chi connectivity index (χ0) is 42.5. The van der Waals surface area contributed by atoms with Crippen molar-refractivity contribution >= 4 is 23.8 Å². The van der Waals surface area contributed by atoms with Crippen LogP contribution in [0.4, 0.5) is 0 Å². The molecule has 2 saturated carbocycles. The maximum Gasteiger partial charge on any atom is 0.332 e. The molecule has 4 aliphatic rings. The number of allylic oxidation sites excluding steroid dienone is 2. The third-order valence-corrected chi connectivity index (χ3v) is 13.2. The molecular formula is C50H68N4O6. The fraction of sp³-hybridized carbons (Fsp3) is 0.560. The quantitative estimate of drug-likeness (QED) is 0.0887. The topological polar surface area (TPSA) is 117 Å². The molecule has 0 spiro atoms. The first-order valence-electron chi connectivity index (χ1n) is 22.6. The molecule has 10 heteroatoms. The second-order valence-corrected chi connectivity index (χ2v) is 18.0. The van der Waals surface area contributed by atoms with Crippen LogP contribution in [-0.4, -0.2) is 84.9 Å². The molecule has 6 rings (SSSR count). The number of nitrogens with one attached hydrogen (secondary N) is 2. The number of hydrogen-bond donors (Lipinski definition) is 2. The first-order valence-corrected chi connectivity index (χ1v) is 22.6. The molecule has 10 nitrogen and oxygen atoms in total. The van der Waals surface area contributed by atoms with E-state index in [0.29, 0.717) is 11.1 Å². The fourth-order valence-corrected chi connectivity index (χ4v) is 9.26. The smallest absolute Gasteiger partial charge is 0.332 e. The van der Waals surface area contributed by atoms with E-state index in [9.17, 15) is 19.2 Å². The maximum atomic E-state index is 14.6. The molecule has 0 unspecified atom stereocenters. The monoisotopic (exact) mass is 821 g/mol. The van der Waals surface area contributed by atoms with Gasteiger partial charge in [-0.15, -0.1) is 0 Å². The van der Waals surface area contributed by atoms with Crippen molar-refractivity contribution in [1.82, 2.24) is 20.4 Å². The van der Waals surface area contributed by atoms with E-state index >= 15 is 0 Å². The van der Waals surface area contributed by atoms with Gasteiger partial charge in [0.25, 0.3) is 11.8 Å². The largest absolute Gasteiger partial charge is 0.440 e. The second kappa shape index (κ2) is 21.3. The van der Waals surface area contributed by atoms with Gasteiger partial charge in [0.15, 0.2) is 0 Å². The van der Waals surface area contributed by atoms with Crippen molar-refractivity contribution in [2.24, 2.45) is 11.8 Å². The van der Waals surface area contributed by atoms with Crippen molar-refractivity contribution in [2.75, 3.05) is 39.3 Å². The second-order valence-electron chi connectivity index (χ2n) is 18.0. The minimum Gasteiger partial charge on any atom is -0.440 e. The fourth-order valence-electron chi connectivity index (χ4n) is 9.26. The van der Waals surface area contributed by atoms with Crippen molar-refractivity contribution < 1.29 is 28.7 Å². The van der Waals surface area contributed by atoms with Crippen molar-refractivity contribution in [3.63, 3.8) is 0 Å². The Labute approximate surface area is 358 Å². The predicted octanol–water partition coefficient (Wildman–Crippen LogP) is 7.89. The van der Waals surface area contributed by atoms with Crippen LogP contribution in [0, 0.1) is 11.8 Å². The molecule has 2 heterocycles. The zero-order valence-electron chi connectivity index (χ0n) is 36.5. The highest BCUT2D eigenvalue weighted by atomic mass is 16.6. The van der Waals surface area contributed by atoms with Gasteiger partial charge in [-0.25, -0.2) is 9.59 Å². The molecule has 2 aliphatic heterocycles. The van der Waals surface area contributed by atoms with Gasteiger partial charge in [0, 0.05) is 86.5 Å². The number of rotatable bonds is 18. The van der Waals surface area contributed by atoms with E-state index in [-0.39, 0.29) is 35.7 Å². The third-order valence-electron chi connectivity index (χ3n) is 13.2. The van der Waals surface area contributed by atoms with Gasteiger partial charge in [-0.1, -0.05) is 96.8 Å². The Hall–Kier alpha value is -4.54. The minimum atomic E-state index is -1.56. The summed E-state index contributed by atoms with van der Waals surface area (Å²) >= 11 is 0. The van der Waals surface area contributed by atoms with Gasteiger partial charge < -0.3 is 29.9 Å². The summed E-state index contributed by atoms with van der Waals surface area (Å²) in [6, 6.07) is 18.4. The number of carbonyl (C=O) groups excluding carboxylic acids is 4. The van der Waals surface area contributed by atoms with Gasteiger partial charge in [-0.2, -0.15) is 0 Å². The lowest BCUT2D eigenvalue weighted by atomic mass is 9.68. The van der Waals surface area contributed by atoms with Crippen LogP contribution in [0.5, 0.6) is 0 Å². The summed E-state index contributed by atoms with van der Waals surface area (Å²) in [6.07, 6.45) is 16.6. The molecule has 4 fully saturated rings. The number of ether oxygens (including phenoxy) is 2.